The molecule has 2 aliphatic heterocycles. The maximum absolute atomic E-state index is 12.6. The van der Waals surface area contributed by atoms with Crippen LogP contribution in [0.15, 0.2) is 12.4 Å². The number of nitrogens with zero attached hydrogens (tertiary/aromatic N) is 3. The summed E-state index contributed by atoms with van der Waals surface area (Å²) >= 11 is 0. The van der Waals surface area contributed by atoms with Crippen LogP contribution in [0.3, 0.4) is 0 Å². The second kappa shape index (κ2) is 6.70. The fourth-order valence-electron chi connectivity index (χ4n) is 3.38. The third-order valence-electron chi connectivity index (χ3n) is 4.99. The van der Waals surface area contributed by atoms with Crippen molar-refractivity contribution in [2.24, 2.45) is 5.92 Å². The Hall–Kier alpha value is -2.64. The Morgan fingerprint density at radius 1 is 1.28 bits per heavy atom. The molecule has 0 aromatic carbocycles. The van der Waals surface area contributed by atoms with Gasteiger partial charge in [0.25, 0.3) is 5.91 Å². The van der Waals surface area contributed by atoms with Crippen LogP contribution in [0, 0.1) is 12.8 Å². The van der Waals surface area contributed by atoms with Crippen LogP contribution in [0.5, 0.6) is 5.75 Å². The second-order valence-electron chi connectivity index (χ2n) is 6.44. The van der Waals surface area contributed by atoms with Gasteiger partial charge in [0.05, 0.1) is 30.8 Å². The Kier molecular flexibility index (Phi) is 4.61. The van der Waals surface area contributed by atoms with Crippen LogP contribution in [0.25, 0.3) is 0 Å². The van der Waals surface area contributed by atoms with Gasteiger partial charge in [-0.1, -0.05) is 0 Å². The van der Waals surface area contributed by atoms with Gasteiger partial charge in [0.15, 0.2) is 0 Å². The maximum atomic E-state index is 12.6. The fourth-order valence-corrected chi connectivity index (χ4v) is 3.38. The molecule has 0 aliphatic carbocycles. The lowest BCUT2D eigenvalue weighted by Crippen LogP contribution is -2.61. The van der Waals surface area contributed by atoms with Gasteiger partial charge in [-0.25, -0.2) is 0 Å². The minimum atomic E-state index is -0.299. The summed E-state index contributed by atoms with van der Waals surface area (Å²) in [6, 6.07) is -0.0232. The predicted molar refractivity (Wildman–Crippen MR) is 89.1 cm³/mol. The van der Waals surface area contributed by atoms with Crippen LogP contribution in [0.4, 0.5) is 0 Å². The zero-order chi connectivity index (χ0) is 18.1. The standard InChI is InChI=1S/C17H22N4O4/c1-10-13(5-19-6-14(10)25-3)17(24)20-8-12(9-20)21-7-11(4-15(21)22)16(23)18-2/h5-6,11-12H,4,7-9H2,1-3H3,(H,18,23). The number of rotatable bonds is 4. The first-order valence-corrected chi connectivity index (χ1v) is 8.25. The SMILES string of the molecule is CNC(=O)C1CC(=O)N(C2CN(C(=O)c3cncc(OC)c3C)C2)C1. The van der Waals surface area contributed by atoms with Crippen LogP contribution < -0.4 is 10.1 Å². The number of methoxy groups -OCH3 is 1. The summed E-state index contributed by atoms with van der Waals surface area (Å²) in [5.74, 6) is 0.0268. The lowest BCUT2D eigenvalue weighted by atomic mass is 10.0. The van der Waals surface area contributed by atoms with Crippen LogP contribution in [-0.2, 0) is 9.59 Å². The number of nitrogens with one attached hydrogen (secondary N) is 1. The van der Waals surface area contributed by atoms with E-state index in [1.54, 1.807) is 30.2 Å². The number of ether oxygens (including phenoxy) is 1. The lowest BCUT2D eigenvalue weighted by Gasteiger charge is -2.44. The van der Waals surface area contributed by atoms with E-state index in [0.717, 1.165) is 5.56 Å². The average molecular weight is 346 g/mol. The molecule has 2 fully saturated rings. The average Bonchev–Trinajstić information content (AvgIpc) is 2.94. The third kappa shape index (κ3) is 3.04. The molecule has 2 saturated heterocycles. The maximum Gasteiger partial charge on any atom is 0.255 e. The van der Waals surface area contributed by atoms with Crippen molar-refractivity contribution in [2.75, 3.05) is 33.8 Å². The van der Waals surface area contributed by atoms with Crippen molar-refractivity contribution < 1.29 is 19.1 Å². The Labute approximate surface area is 146 Å². The van der Waals surface area contributed by atoms with Crippen molar-refractivity contribution in [3.63, 3.8) is 0 Å². The summed E-state index contributed by atoms with van der Waals surface area (Å²) in [7, 11) is 3.11. The summed E-state index contributed by atoms with van der Waals surface area (Å²) in [6.45, 7) is 3.19. The van der Waals surface area contributed by atoms with Gasteiger partial charge in [0.2, 0.25) is 11.8 Å². The van der Waals surface area contributed by atoms with Crippen molar-refractivity contribution in [3.05, 3.63) is 23.5 Å². The van der Waals surface area contributed by atoms with Gasteiger partial charge in [0, 0.05) is 44.9 Å². The molecular formula is C17H22N4O4. The van der Waals surface area contributed by atoms with E-state index in [1.165, 1.54) is 6.20 Å². The summed E-state index contributed by atoms with van der Waals surface area (Å²) in [6.07, 6.45) is 3.35. The van der Waals surface area contributed by atoms with E-state index in [1.807, 2.05) is 6.92 Å². The van der Waals surface area contributed by atoms with E-state index in [0.29, 0.717) is 30.9 Å². The van der Waals surface area contributed by atoms with Gasteiger partial charge in [-0.3, -0.25) is 19.4 Å². The number of hydrogen-bond donors (Lipinski definition) is 1. The molecule has 3 amide bonds. The number of carbonyl (C=O) groups excluding carboxylic acids is 3. The Morgan fingerprint density at radius 3 is 2.64 bits per heavy atom. The Balaban J connectivity index is 1.62. The van der Waals surface area contributed by atoms with Crippen LogP contribution in [-0.4, -0.2) is 72.3 Å². The van der Waals surface area contributed by atoms with Gasteiger partial charge in [-0.05, 0) is 6.92 Å². The Morgan fingerprint density at radius 2 is 2.00 bits per heavy atom. The van der Waals surface area contributed by atoms with Crippen molar-refractivity contribution in [2.45, 2.75) is 19.4 Å². The van der Waals surface area contributed by atoms with E-state index in [9.17, 15) is 14.4 Å². The first-order valence-electron chi connectivity index (χ1n) is 8.25. The molecule has 3 rings (SSSR count). The highest BCUT2D eigenvalue weighted by Crippen LogP contribution is 2.27. The molecule has 1 N–H and O–H groups in total. The highest BCUT2D eigenvalue weighted by atomic mass is 16.5. The molecule has 25 heavy (non-hydrogen) atoms. The molecule has 1 aromatic heterocycles. The number of hydrogen-bond acceptors (Lipinski definition) is 5. The molecule has 1 unspecified atom stereocenters. The third-order valence-corrected chi connectivity index (χ3v) is 4.99. The first kappa shape index (κ1) is 17.2. The number of likely N-dealkylation sites (tertiary alicyclic amines) is 2. The van der Waals surface area contributed by atoms with Crippen LogP contribution >= 0.6 is 0 Å². The predicted octanol–water partition coefficient (Wildman–Crippen LogP) is -0.182. The monoisotopic (exact) mass is 346 g/mol. The lowest BCUT2D eigenvalue weighted by molar-refractivity contribution is -0.132. The summed E-state index contributed by atoms with van der Waals surface area (Å²) in [5, 5.41) is 2.59. The largest absolute Gasteiger partial charge is 0.495 e. The molecule has 134 valence electrons. The van der Waals surface area contributed by atoms with E-state index in [2.05, 4.69) is 10.3 Å². The molecule has 1 aromatic rings. The van der Waals surface area contributed by atoms with E-state index in [4.69, 9.17) is 4.74 Å². The molecule has 0 bridgehead atoms. The smallest absolute Gasteiger partial charge is 0.255 e. The number of carbonyl (C=O) groups is 3. The first-order chi connectivity index (χ1) is 12.0. The zero-order valence-corrected chi connectivity index (χ0v) is 14.6. The molecule has 0 spiro atoms. The van der Waals surface area contributed by atoms with Crippen molar-refractivity contribution in [1.82, 2.24) is 20.1 Å². The van der Waals surface area contributed by atoms with Gasteiger partial charge in [-0.15, -0.1) is 0 Å². The normalized spacial score (nSPS) is 20.4. The quantitative estimate of drug-likeness (QED) is 0.816. The van der Waals surface area contributed by atoms with Gasteiger partial charge in [0.1, 0.15) is 5.75 Å². The van der Waals surface area contributed by atoms with Gasteiger partial charge < -0.3 is 19.9 Å². The second-order valence-corrected chi connectivity index (χ2v) is 6.44. The van der Waals surface area contributed by atoms with Crippen molar-refractivity contribution >= 4 is 17.7 Å². The molecule has 0 radical (unpaired) electrons. The molecule has 0 saturated carbocycles. The van der Waals surface area contributed by atoms with Crippen molar-refractivity contribution in [3.8, 4) is 5.75 Å². The number of amides is 3. The van der Waals surface area contributed by atoms with E-state index >= 15 is 0 Å². The molecular weight excluding hydrogens is 324 g/mol. The van der Waals surface area contributed by atoms with Crippen LogP contribution in [0.2, 0.25) is 0 Å². The molecule has 3 heterocycles. The van der Waals surface area contributed by atoms with E-state index in [-0.39, 0.29) is 36.1 Å². The summed E-state index contributed by atoms with van der Waals surface area (Å²) in [5.41, 5.74) is 1.26. The highest BCUT2D eigenvalue weighted by molar-refractivity contribution is 5.96. The molecule has 8 heteroatoms. The Bertz CT molecular complexity index is 715. The minimum absolute atomic E-state index is 0.0232. The summed E-state index contributed by atoms with van der Waals surface area (Å²) < 4.78 is 5.20. The molecule has 8 nitrogen and oxygen atoms in total. The van der Waals surface area contributed by atoms with Gasteiger partial charge >= 0.3 is 0 Å². The molecule has 1 atom stereocenters. The number of pyridine rings is 1. The van der Waals surface area contributed by atoms with Gasteiger partial charge in [-0.2, -0.15) is 0 Å². The van der Waals surface area contributed by atoms with E-state index < -0.39 is 0 Å². The minimum Gasteiger partial charge on any atom is -0.495 e. The fraction of sp³-hybridized carbons (Fsp3) is 0.529. The molecule has 2 aliphatic rings. The van der Waals surface area contributed by atoms with Crippen LogP contribution in [0.1, 0.15) is 22.3 Å². The highest BCUT2D eigenvalue weighted by Gasteiger charge is 2.43. The van der Waals surface area contributed by atoms with Crippen molar-refractivity contribution in [1.29, 1.82) is 0 Å². The topological polar surface area (TPSA) is 91.8 Å². The number of aromatic nitrogens is 1. The zero-order valence-electron chi connectivity index (χ0n) is 14.6. The summed E-state index contributed by atoms with van der Waals surface area (Å²) in [4.78, 5) is 44.0.